The topological polar surface area (TPSA) is 18.8 Å². The molecule has 0 aromatic heterocycles. The van der Waals surface area contributed by atoms with Crippen LogP contribution in [0.2, 0.25) is 0 Å². The molecule has 0 aromatic rings. The zero-order valence-corrected chi connectivity index (χ0v) is 21.9. The second-order valence-electron chi connectivity index (χ2n) is 14.4. The average Bonchev–Trinajstić information content (AvgIpc) is 3.37. The SMILES string of the molecule is C1CCC(C[C@@H]2CN3C(=NC[C@H]3CC3CCCCC3)N2CCC23CC4CC(CC(C4)C2)C3)CC1. The molecular formula is C31H51N3. The fourth-order valence-electron chi connectivity index (χ4n) is 10.8. The van der Waals surface area contributed by atoms with Crippen LogP contribution in [-0.2, 0) is 0 Å². The number of aliphatic imine (C=N–C) groups is 1. The largest absolute Gasteiger partial charge is 0.338 e. The number of fused-ring (bicyclic) bond motifs is 1. The van der Waals surface area contributed by atoms with E-state index in [0.717, 1.165) is 48.2 Å². The monoisotopic (exact) mass is 465 g/mol. The molecule has 6 saturated carbocycles. The Bertz CT molecular complexity index is 710. The maximum Gasteiger partial charge on any atom is 0.197 e. The third-order valence-electron chi connectivity index (χ3n) is 12.0. The molecule has 3 heteroatoms. The summed E-state index contributed by atoms with van der Waals surface area (Å²) >= 11 is 0. The van der Waals surface area contributed by atoms with E-state index in [1.54, 1.807) is 38.5 Å². The van der Waals surface area contributed by atoms with Gasteiger partial charge in [-0.15, -0.1) is 0 Å². The fourth-order valence-corrected chi connectivity index (χ4v) is 10.8. The molecule has 0 radical (unpaired) electrons. The Morgan fingerprint density at radius 3 is 1.85 bits per heavy atom. The summed E-state index contributed by atoms with van der Waals surface area (Å²) in [4.78, 5) is 11.0. The molecule has 190 valence electrons. The fraction of sp³-hybridized carbons (Fsp3) is 0.968. The van der Waals surface area contributed by atoms with Crippen molar-refractivity contribution in [3.63, 3.8) is 0 Å². The molecule has 0 unspecified atom stereocenters. The second-order valence-corrected chi connectivity index (χ2v) is 14.4. The summed E-state index contributed by atoms with van der Waals surface area (Å²) in [7, 11) is 0. The molecule has 8 aliphatic rings. The third kappa shape index (κ3) is 4.34. The van der Waals surface area contributed by atoms with E-state index in [9.17, 15) is 0 Å². The van der Waals surface area contributed by atoms with Crippen molar-refractivity contribution >= 4 is 5.96 Å². The van der Waals surface area contributed by atoms with Crippen LogP contribution in [0.15, 0.2) is 4.99 Å². The van der Waals surface area contributed by atoms with Gasteiger partial charge in [-0.2, -0.15) is 0 Å². The molecule has 0 N–H and O–H groups in total. The zero-order chi connectivity index (χ0) is 22.5. The van der Waals surface area contributed by atoms with Crippen molar-refractivity contribution < 1.29 is 0 Å². The third-order valence-corrected chi connectivity index (χ3v) is 12.0. The maximum atomic E-state index is 5.30. The van der Waals surface area contributed by atoms with Gasteiger partial charge in [0.2, 0.25) is 0 Å². The first-order chi connectivity index (χ1) is 16.7. The summed E-state index contributed by atoms with van der Waals surface area (Å²) in [5.74, 6) is 6.67. The predicted octanol–water partition coefficient (Wildman–Crippen LogP) is 7.26. The molecule has 0 amide bonds. The molecule has 0 spiro atoms. The predicted molar refractivity (Wildman–Crippen MR) is 141 cm³/mol. The van der Waals surface area contributed by atoms with Crippen molar-refractivity contribution in [3.8, 4) is 0 Å². The Morgan fingerprint density at radius 1 is 0.706 bits per heavy atom. The number of guanidine groups is 1. The lowest BCUT2D eigenvalue weighted by atomic mass is 9.49. The number of nitrogens with zero attached hydrogens (tertiary/aromatic N) is 3. The van der Waals surface area contributed by atoms with Crippen LogP contribution in [0.3, 0.4) is 0 Å². The quantitative estimate of drug-likeness (QED) is 0.394. The highest BCUT2D eigenvalue weighted by Gasteiger charge is 2.51. The van der Waals surface area contributed by atoms with Crippen LogP contribution in [0.1, 0.15) is 122 Å². The van der Waals surface area contributed by atoms with Gasteiger partial charge < -0.3 is 9.80 Å². The van der Waals surface area contributed by atoms with Gasteiger partial charge in [-0.25, -0.2) is 0 Å². The van der Waals surface area contributed by atoms with Crippen LogP contribution in [0.25, 0.3) is 0 Å². The summed E-state index contributed by atoms with van der Waals surface area (Å²) in [6, 6.07) is 1.47. The highest BCUT2D eigenvalue weighted by atomic mass is 15.5. The zero-order valence-electron chi connectivity index (χ0n) is 21.9. The summed E-state index contributed by atoms with van der Waals surface area (Å²) in [5.41, 5.74) is 0.707. The van der Waals surface area contributed by atoms with E-state index in [4.69, 9.17) is 4.99 Å². The van der Waals surface area contributed by atoms with Gasteiger partial charge in [-0.05, 0) is 92.8 Å². The average molecular weight is 466 g/mol. The van der Waals surface area contributed by atoms with Gasteiger partial charge in [0.1, 0.15) is 0 Å². The molecule has 4 bridgehead atoms. The molecule has 34 heavy (non-hydrogen) atoms. The molecule has 0 aromatic carbocycles. The molecule has 1 saturated heterocycles. The van der Waals surface area contributed by atoms with Crippen molar-refractivity contribution in [2.75, 3.05) is 19.6 Å². The molecule has 2 atom stereocenters. The standard InChI is InChI=1S/C31H51N3/c1-3-7-23(8-4-1)16-28-21-32-30-33(29(22-34(28)30)17-24-9-5-2-6-10-24)12-11-31-18-25-13-26(19-31)15-27(14-25)20-31/h23-29H,1-22H2/t25?,26?,27?,28-,29-,31?/m1/s1. The van der Waals surface area contributed by atoms with Crippen LogP contribution in [-0.4, -0.2) is 47.5 Å². The van der Waals surface area contributed by atoms with Gasteiger partial charge in [-0.3, -0.25) is 4.99 Å². The van der Waals surface area contributed by atoms with E-state index < -0.39 is 0 Å². The smallest absolute Gasteiger partial charge is 0.197 e. The lowest BCUT2D eigenvalue weighted by molar-refractivity contribution is -0.0597. The summed E-state index contributed by atoms with van der Waals surface area (Å²) in [6.45, 7) is 3.71. The van der Waals surface area contributed by atoms with E-state index in [-0.39, 0.29) is 0 Å². The van der Waals surface area contributed by atoms with Crippen LogP contribution in [0, 0.1) is 35.0 Å². The van der Waals surface area contributed by atoms with Crippen LogP contribution < -0.4 is 0 Å². The van der Waals surface area contributed by atoms with Crippen molar-refractivity contribution in [2.45, 2.75) is 134 Å². The Labute approximate surface area is 209 Å². The minimum Gasteiger partial charge on any atom is -0.338 e. The van der Waals surface area contributed by atoms with Crippen LogP contribution in [0.5, 0.6) is 0 Å². The minimum absolute atomic E-state index is 0.707. The van der Waals surface area contributed by atoms with Gasteiger partial charge in [0.25, 0.3) is 0 Å². The number of rotatable bonds is 7. The summed E-state index contributed by atoms with van der Waals surface area (Å²) in [6.07, 6.45) is 28.7. The van der Waals surface area contributed by atoms with Crippen LogP contribution in [0.4, 0.5) is 0 Å². The molecule has 2 heterocycles. The molecule has 2 aliphatic heterocycles. The second kappa shape index (κ2) is 9.29. The normalized spacial score (nSPS) is 42.5. The molecule has 7 fully saturated rings. The highest BCUT2D eigenvalue weighted by Crippen LogP contribution is 2.61. The first kappa shape index (κ1) is 22.5. The minimum atomic E-state index is 0.707. The lowest BCUT2D eigenvalue weighted by Gasteiger charge is -2.57. The number of hydrogen-bond acceptors (Lipinski definition) is 3. The molecule has 8 rings (SSSR count). The highest BCUT2D eigenvalue weighted by molar-refractivity contribution is 5.84. The van der Waals surface area contributed by atoms with Crippen LogP contribution >= 0.6 is 0 Å². The van der Waals surface area contributed by atoms with Crippen molar-refractivity contribution in [3.05, 3.63) is 0 Å². The van der Waals surface area contributed by atoms with E-state index in [0.29, 0.717) is 5.41 Å². The first-order valence-corrected chi connectivity index (χ1v) is 15.8. The van der Waals surface area contributed by atoms with Gasteiger partial charge in [0.15, 0.2) is 5.96 Å². The van der Waals surface area contributed by atoms with E-state index in [1.165, 1.54) is 103 Å². The van der Waals surface area contributed by atoms with Gasteiger partial charge in [0.05, 0.1) is 12.6 Å². The molecule has 3 nitrogen and oxygen atoms in total. The van der Waals surface area contributed by atoms with Gasteiger partial charge in [-0.1, -0.05) is 64.2 Å². The van der Waals surface area contributed by atoms with E-state index in [1.807, 2.05) is 0 Å². The van der Waals surface area contributed by atoms with E-state index in [2.05, 4.69) is 9.80 Å². The Kier molecular flexibility index (Phi) is 6.14. The molecular weight excluding hydrogens is 414 g/mol. The molecule has 6 aliphatic carbocycles. The Hall–Kier alpha value is -0.730. The van der Waals surface area contributed by atoms with E-state index >= 15 is 0 Å². The van der Waals surface area contributed by atoms with Crippen molar-refractivity contribution in [1.82, 2.24) is 9.80 Å². The summed E-state index contributed by atoms with van der Waals surface area (Å²) in [5, 5.41) is 0. The van der Waals surface area contributed by atoms with Gasteiger partial charge in [0, 0.05) is 19.1 Å². The van der Waals surface area contributed by atoms with Crippen molar-refractivity contribution in [2.24, 2.45) is 40.0 Å². The van der Waals surface area contributed by atoms with Crippen molar-refractivity contribution in [1.29, 1.82) is 0 Å². The van der Waals surface area contributed by atoms with Gasteiger partial charge >= 0.3 is 0 Å². The first-order valence-electron chi connectivity index (χ1n) is 15.8. The Morgan fingerprint density at radius 2 is 1.26 bits per heavy atom. The Balaban J connectivity index is 1.05. The maximum absolute atomic E-state index is 5.30. The summed E-state index contributed by atoms with van der Waals surface area (Å²) < 4.78 is 0. The number of hydrogen-bond donors (Lipinski definition) is 0. The lowest BCUT2D eigenvalue weighted by Crippen LogP contribution is -2.48.